The molecule has 1 aliphatic heterocycles. The molecule has 0 spiro atoms. The van der Waals surface area contributed by atoms with Crippen LogP contribution in [0.3, 0.4) is 0 Å². The zero-order valence-electron chi connectivity index (χ0n) is 14.9. The molecule has 6 heteroatoms. The van der Waals surface area contributed by atoms with Crippen molar-refractivity contribution in [1.82, 2.24) is 4.90 Å². The summed E-state index contributed by atoms with van der Waals surface area (Å²) in [5, 5.41) is 21.2. The van der Waals surface area contributed by atoms with E-state index in [2.05, 4.69) is 36.1 Å². The first kappa shape index (κ1) is 18.4. The number of aliphatic hydroxyl groups excluding tert-OH is 1. The molecule has 1 aliphatic rings. The van der Waals surface area contributed by atoms with Gasteiger partial charge in [-0.05, 0) is 37.9 Å². The summed E-state index contributed by atoms with van der Waals surface area (Å²) in [6, 6.07) is 14.9. The number of rotatable bonds is 7. The predicted octanol–water partition coefficient (Wildman–Crippen LogP) is 3.48. The molecule has 26 heavy (non-hydrogen) atoms. The van der Waals surface area contributed by atoms with Gasteiger partial charge < -0.3 is 9.84 Å². The highest BCUT2D eigenvalue weighted by Gasteiger charge is 2.27. The minimum Gasteiger partial charge on any atom is -0.491 e. The van der Waals surface area contributed by atoms with Gasteiger partial charge in [0.2, 0.25) is 0 Å². The van der Waals surface area contributed by atoms with Crippen molar-refractivity contribution in [3.05, 3.63) is 69.8 Å². The number of non-ortho nitro benzene ring substituents is 1. The van der Waals surface area contributed by atoms with Crippen molar-refractivity contribution in [2.45, 2.75) is 31.9 Å². The minimum absolute atomic E-state index is 0.0176. The van der Waals surface area contributed by atoms with E-state index >= 15 is 0 Å². The summed E-state index contributed by atoms with van der Waals surface area (Å²) in [4.78, 5) is 12.6. The average Bonchev–Trinajstić information content (AvgIpc) is 3.08. The fourth-order valence-electron chi connectivity index (χ4n) is 3.50. The van der Waals surface area contributed by atoms with E-state index in [9.17, 15) is 15.2 Å². The van der Waals surface area contributed by atoms with Gasteiger partial charge in [0, 0.05) is 18.7 Å². The lowest BCUT2D eigenvalue weighted by atomic mass is 10.0. The first-order chi connectivity index (χ1) is 12.5. The lowest BCUT2D eigenvalue weighted by molar-refractivity contribution is -0.384. The van der Waals surface area contributed by atoms with Crippen LogP contribution in [0, 0.1) is 17.0 Å². The second kappa shape index (κ2) is 8.29. The van der Waals surface area contributed by atoms with Crippen LogP contribution in [0.2, 0.25) is 0 Å². The summed E-state index contributed by atoms with van der Waals surface area (Å²) in [5.74, 6) is 0.398. The molecule has 0 amide bonds. The van der Waals surface area contributed by atoms with E-state index in [0.717, 1.165) is 19.4 Å². The van der Waals surface area contributed by atoms with Crippen molar-refractivity contribution in [2.24, 2.45) is 0 Å². The van der Waals surface area contributed by atoms with Gasteiger partial charge in [0.25, 0.3) is 5.69 Å². The van der Waals surface area contributed by atoms with E-state index in [1.807, 2.05) is 0 Å². The number of ether oxygens (including phenoxy) is 1. The zero-order valence-corrected chi connectivity index (χ0v) is 14.9. The number of aliphatic hydroxyl groups is 1. The summed E-state index contributed by atoms with van der Waals surface area (Å²) < 4.78 is 5.55. The fourth-order valence-corrected chi connectivity index (χ4v) is 3.50. The quantitative estimate of drug-likeness (QED) is 0.607. The monoisotopic (exact) mass is 356 g/mol. The van der Waals surface area contributed by atoms with E-state index in [1.165, 1.54) is 23.3 Å². The third-order valence-corrected chi connectivity index (χ3v) is 4.71. The lowest BCUT2D eigenvalue weighted by Crippen LogP contribution is -2.35. The first-order valence-electron chi connectivity index (χ1n) is 8.89. The Balaban J connectivity index is 1.56. The molecule has 0 aliphatic carbocycles. The molecule has 0 aromatic heterocycles. The highest BCUT2D eigenvalue weighted by molar-refractivity contribution is 5.37. The van der Waals surface area contributed by atoms with Crippen molar-refractivity contribution in [2.75, 3.05) is 19.7 Å². The van der Waals surface area contributed by atoms with Crippen LogP contribution >= 0.6 is 0 Å². The van der Waals surface area contributed by atoms with Gasteiger partial charge in [-0.25, -0.2) is 0 Å². The normalized spacial score (nSPS) is 18.6. The molecule has 2 aromatic carbocycles. The summed E-state index contributed by atoms with van der Waals surface area (Å²) in [6.45, 7) is 3.67. The van der Waals surface area contributed by atoms with E-state index in [1.54, 1.807) is 12.1 Å². The topological polar surface area (TPSA) is 75.8 Å². The Morgan fingerprint density at radius 2 is 2.12 bits per heavy atom. The average molecular weight is 356 g/mol. The van der Waals surface area contributed by atoms with Gasteiger partial charge in [-0.3, -0.25) is 15.0 Å². The standard InChI is InChI=1S/C20H24N2O4/c1-15-5-2-6-16(11-15)20-9-4-10-21(20)13-18(23)14-26-19-8-3-7-17(12-19)22(24)25/h2-3,5-8,11-12,18,20,23H,4,9-10,13-14H2,1H3. The number of hydrogen-bond donors (Lipinski definition) is 1. The molecule has 0 saturated carbocycles. The Hall–Kier alpha value is -2.44. The van der Waals surface area contributed by atoms with Crippen LogP contribution in [-0.4, -0.2) is 40.7 Å². The third-order valence-electron chi connectivity index (χ3n) is 4.71. The predicted molar refractivity (Wildman–Crippen MR) is 99.3 cm³/mol. The van der Waals surface area contributed by atoms with Crippen LogP contribution in [0.1, 0.15) is 30.0 Å². The molecule has 1 fully saturated rings. The Bertz CT molecular complexity index is 765. The molecule has 1 N–H and O–H groups in total. The largest absolute Gasteiger partial charge is 0.491 e. The molecule has 0 radical (unpaired) electrons. The third kappa shape index (κ3) is 4.59. The van der Waals surface area contributed by atoms with Gasteiger partial charge in [-0.15, -0.1) is 0 Å². The Labute approximate surface area is 153 Å². The highest BCUT2D eigenvalue weighted by Crippen LogP contribution is 2.32. The number of hydrogen-bond acceptors (Lipinski definition) is 5. The number of nitrogens with zero attached hydrogens (tertiary/aromatic N) is 2. The molecule has 2 unspecified atom stereocenters. The lowest BCUT2D eigenvalue weighted by Gasteiger charge is -2.27. The molecule has 0 bridgehead atoms. The van der Waals surface area contributed by atoms with Gasteiger partial charge in [0.1, 0.15) is 18.5 Å². The number of aryl methyl sites for hydroxylation is 1. The number of β-amino-alcohol motifs (C(OH)–C–C–N with tert-alkyl or cyclic N) is 1. The SMILES string of the molecule is Cc1cccc(C2CCCN2CC(O)COc2cccc([N+](=O)[O-])c2)c1. The highest BCUT2D eigenvalue weighted by atomic mass is 16.6. The van der Waals surface area contributed by atoms with Gasteiger partial charge in [-0.1, -0.05) is 35.9 Å². The molecule has 2 atom stereocenters. The van der Waals surface area contributed by atoms with Gasteiger partial charge in [0.15, 0.2) is 0 Å². The second-order valence-corrected chi connectivity index (χ2v) is 6.79. The van der Waals surface area contributed by atoms with E-state index < -0.39 is 11.0 Å². The van der Waals surface area contributed by atoms with Crippen LogP contribution in [0.4, 0.5) is 5.69 Å². The van der Waals surface area contributed by atoms with E-state index in [-0.39, 0.29) is 12.3 Å². The molecule has 6 nitrogen and oxygen atoms in total. The molecule has 2 aromatic rings. The van der Waals surface area contributed by atoms with Gasteiger partial charge in [0.05, 0.1) is 11.0 Å². The number of benzene rings is 2. The maximum Gasteiger partial charge on any atom is 0.273 e. The molecular weight excluding hydrogens is 332 g/mol. The van der Waals surface area contributed by atoms with Crippen LogP contribution < -0.4 is 4.74 Å². The van der Waals surface area contributed by atoms with Gasteiger partial charge >= 0.3 is 0 Å². The second-order valence-electron chi connectivity index (χ2n) is 6.79. The van der Waals surface area contributed by atoms with Crippen molar-refractivity contribution < 1.29 is 14.8 Å². The zero-order chi connectivity index (χ0) is 18.5. The van der Waals surface area contributed by atoms with Gasteiger partial charge in [-0.2, -0.15) is 0 Å². The number of nitro benzene ring substituents is 1. The summed E-state index contributed by atoms with van der Waals surface area (Å²) >= 11 is 0. The van der Waals surface area contributed by atoms with Crippen LogP contribution in [0.25, 0.3) is 0 Å². The van der Waals surface area contributed by atoms with Crippen LogP contribution in [0.5, 0.6) is 5.75 Å². The molecule has 3 rings (SSSR count). The van der Waals surface area contributed by atoms with Crippen molar-refractivity contribution in [3.63, 3.8) is 0 Å². The Kier molecular flexibility index (Phi) is 5.85. The number of likely N-dealkylation sites (tertiary alicyclic amines) is 1. The fraction of sp³-hybridized carbons (Fsp3) is 0.400. The molecule has 1 heterocycles. The van der Waals surface area contributed by atoms with Crippen LogP contribution in [0.15, 0.2) is 48.5 Å². The summed E-state index contributed by atoms with van der Waals surface area (Å²) in [5.41, 5.74) is 2.51. The van der Waals surface area contributed by atoms with E-state index in [0.29, 0.717) is 18.3 Å². The minimum atomic E-state index is -0.653. The van der Waals surface area contributed by atoms with E-state index in [4.69, 9.17) is 4.74 Å². The van der Waals surface area contributed by atoms with Crippen LogP contribution in [-0.2, 0) is 0 Å². The summed E-state index contributed by atoms with van der Waals surface area (Å²) in [7, 11) is 0. The first-order valence-corrected chi connectivity index (χ1v) is 8.89. The summed E-state index contributed by atoms with van der Waals surface area (Å²) in [6.07, 6.45) is 1.54. The maximum absolute atomic E-state index is 10.8. The molecular formula is C20H24N2O4. The Morgan fingerprint density at radius 3 is 2.88 bits per heavy atom. The Morgan fingerprint density at radius 1 is 1.31 bits per heavy atom. The molecule has 1 saturated heterocycles. The maximum atomic E-state index is 10.8. The molecule has 138 valence electrons. The van der Waals surface area contributed by atoms with Crippen molar-refractivity contribution >= 4 is 5.69 Å². The number of nitro groups is 1. The smallest absolute Gasteiger partial charge is 0.273 e. The van der Waals surface area contributed by atoms with Crippen molar-refractivity contribution in [3.8, 4) is 5.75 Å². The van der Waals surface area contributed by atoms with Crippen molar-refractivity contribution in [1.29, 1.82) is 0 Å².